The molecule has 0 aromatic rings. The van der Waals surface area contributed by atoms with Crippen LogP contribution in [0.2, 0.25) is 0 Å². The summed E-state index contributed by atoms with van der Waals surface area (Å²) < 4.78 is 6.02. The standard InChI is InChI=1S/C13H22O2/c1-5-7-11(14)10-13(4)9-6-8-12(2,3)15-13/h5,7H,6,8-10H2,1-4H3/b7-5+. The zero-order chi connectivity index (χ0) is 11.5. The normalized spacial score (nSPS) is 30.7. The molecule has 0 saturated carbocycles. The average Bonchev–Trinajstić information content (AvgIpc) is 1.99. The molecule has 86 valence electrons. The van der Waals surface area contributed by atoms with Crippen molar-refractivity contribution >= 4 is 5.78 Å². The molecule has 1 saturated heterocycles. The van der Waals surface area contributed by atoms with Gasteiger partial charge in [0.2, 0.25) is 0 Å². The van der Waals surface area contributed by atoms with E-state index in [4.69, 9.17) is 4.74 Å². The van der Waals surface area contributed by atoms with Crippen molar-refractivity contribution < 1.29 is 9.53 Å². The van der Waals surface area contributed by atoms with Crippen molar-refractivity contribution in [2.75, 3.05) is 0 Å². The fraction of sp³-hybridized carbons (Fsp3) is 0.769. The molecule has 1 fully saturated rings. The average molecular weight is 210 g/mol. The summed E-state index contributed by atoms with van der Waals surface area (Å²) in [6, 6.07) is 0. The second kappa shape index (κ2) is 4.48. The molecule has 0 amide bonds. The van der Waals surface area contributed by atoms with Gasteiger partial charge in [0, 0.05) is 6.42 Å². The van der Waals surface area contributed by atoms with Gasteiger partial charge in [-0.25, -0.2) is 0 Å². The Hall–Kier alpha value is -0.630. The quantitative estimate of drug-likeness (QED) is 0.668. The molecule has 0 bridgehead atoms. The Kier molecular flexibility index (Phi) is 3.72. The van der Waals surface area contributed by atoms with Crippen LogP contribution in [-0.4, -0.2) is 17.0 Å². The molecule has 1 aliphatic rings. The summed E-state index contributed by atoms with van der Waals surface area (Å²) in [5.74, 6) is 0.165. The maximum absolute atomic E-state index is 11.6. The van der Waals surface area contributed by atoms with E-state index in [1.54, 1.807) is 12.2 Å². The molecule has 0 radical (unpaired) electrons. The van der Waals surface area contributed by atoms with E-state index in [0.29, 0.717) is 6.42 Å². The first-order valence-electron chi connectivity index (χ1n) is 5.73. The Morgan fingerprint density at radius 1 is 1.33 bits per heavy atom. The van der Waals surface area contributed by atoms with Gasteiger partial charge in [0.1, 0.15) is 0 Å². The number of hydrogen-bond donors (Lipinski definition) is 0. The highest BCUT2D eigenvalue weighted by atomic mass is 16.5. The van der Waals surface area contributed by atoms with Gasteiger partial charge in [-0.2, -0.15) is 0 Å². The van der Waals surface area contributed by atoms with Gasteiger partial charge in [-0.05, 0) is 53.0 Å². The summed E-state index contributed by atoms with van der Waals surface area (Å²) in [5.41, 5.74) is -0.346. The molecule has 0 N–H and O–H groups in total. The number of carbonyl (C=O) groups is 1. The van der Waals surface area contributed by atoms with Crippen molar-refractivity contribution in [3.05, 3.63) is 12.2 Å². The van der Waals surface area contributed by atoms with Gasteiger partial charge in [-0.3, -0.25) is 4.79 Å². The van der Waals surface area contributed by atoms with E-state index >= 15 is 0 Å². The van der Waals surface area contributed by atoms with Gasteiger partial charge >= 0.3 is 0 Å². The third-order valence-electron chi connectivity index (χ3n) is 2.91. The fourth-order valence-corrected chi connectivity index (χ4v) is 2.39. The van der Waals surface area contributed by atoms with E-state index in [2.05, 4.69) is 20.8 Å². The third kappa shape index (κ3) is 3.78. The smallest absolute Gasteiger partial charge is 0.158 e. The van der Waals surface area contributed by atoms with Crippen molar-refractivity contribution in [1.29, 1.82) is 0 Å². The van der Waals surface area contributed by atoms with Crippen molar-refractivity contribution in [3.63, 3.8) is 0 Å². The first kappa shape index (κ1) is 12.4. The summed E-state index contributed by atoms with van der Waals surface area (Å²) >= 11 is 0. The second-order valence-electron chi connectivity index (χ2n) is 5.31. The van der Waals surface area contributed by atoms with Crippen LogP contribution in [0.1, 0.15) is 53.4 Å². The Labute approximate surface area is 92.7 Å². The van der Waals surface area contributed by atoms with Crippen LogP contribution in [0.25, 0.3) is 0 Å². The van der Waals surface area contributed by atoms with Gasteiger partial charge in [0.05, 0.1) is 11.2 Å². The van der Waals surface area contributed by atoms with Crippen LogP contribution in [0, 0.1) is 0 Å². The fourth-order valence-electron chi connectivity index (χ4n) is 2.39. The van der Waals surface area contributed by atoms with Crippen LogP contribution < -0.4 is 0 Å². The predicted molar refractivity (Wildman–Crippen MR) is 61.9 cm³/mol. The molecule has 1 rings (SSSR count). The molecule has 1 aliphatic heterocycles. The summed E-state index contributed by atoms with van der Waals surface area (Å²) in [7, 11) is 0. The molecule has 0 aromatic carbocycles. The second-order valence-corrected chi connectivity index (χ2v) is 5.31. The van der Waals surface area contributed by atoms with Crippen LogP contribution in [0.4, 0.5) is 0 Å². The zero-order valence-corrected chi connectivity index (χ0v) is 10.3. The number of carbonyl (C=O) groups excluding carboxylic acids is 1. The minimum atomic E-state index is -0.266. The first-order chi connectivity index (χ1) is 6.87. The van der Waals surface area contributed by atoms with Gasteiger partial charge in [0.15, 0.2) is 5.78 Å². The minimum Gasteiger partial charge on any atom is -0.369 e. The topological polar surface area (TPSA) is 26.3 Å². The summed E-state index contributed by atoms with van der Waals surface area (Å²) in [4.78, 5) is 11.6. The number of hydrogen-bond acceptors (Lipinski definition) is 2. The van der Waals surface area contributed by atoms with Gasteiger partial charge in [-0.15, -0.1) is 0 Å². The van der Waals surface area contributed by atoms with E-state index in [1.807, 2.05) is 6.92 Å². The van der Waals surface area contributed by atoms with Crippen LogP contribution in [0.15, 0.2) is 12.2 Å². The molecule has 1 unspecified atom stereocenters. The Bertz CT molecular complexity index is 266. The molecular weight excluding hydrogens is 188 g/mol. The SMILES string of the molecule is C/C=C/C(=O)CC1(C)CCCC(C)(C)O1. The monoisotopic (exact) mass is 210 g/mol. The van der Waals surface area contributed by atoms with Crippen LogP contribution in [0.5, 0.6) is 0 Å². The lowest BCUT2D eigenvalue weighted by atomic mass is 9.85. The Morgan fingerprint density at radius 2 is 2.00 bits per heavy atom. The molecule has 2 nitrogen and oxygen atoms in total. The summed E-state index contributed by atoms with van der Waals surface area (Å²) in [5, 5.41) is 0. The van der Waals surface area contributed by atoms with E-state index < -0.39 is 0 Å². The molecule has 15 heavy (non-hydrogen) atoms. The van der Waals surface area contributed by atoms with E-state index in [9.17, 15) is 4.79 Å². The molecule has 0 aromatic heterocycles. The predicted octanol–water partition coefficient (Wildman–Crippen LogP) is 3.26. The number of ketones is 1. The van der Waals surface area contributed by atoms with Crippen LogP contribution in [0.3, 0.4) is 0 Å². The number of rotatable bonds is 3. The first-order valence-corrected chi connectivity index (χ1v) is 5.73. The highest BCUT2D eigenvalue weighted by Crippen LogP contribution is 2.37. The number of allylic oxidation sites excluding steroid dienone is 2. The zero-order valence-electron chi connectivity index (χ0n) is 10.3. The van der Waals surface area contributed by atoms with Crippen molar-refractivity contribution in [3.8, 4) is 0 Å². The molecule has 1 atom stereocenters. The molecule has 2 heteroatoms. The third-order valence-corrected chi connectivity index (χ3v) is 2.91. The summed E-state index contributed by atoms with van der Waals surface area (Å²) in [6.07, 6.45) is 7.14. The molecular formula is C13H22O2. The Morgan fingerprint density at radius 3 is 2.53 bits per heavy atom. The van der Waals surface area contributed by atoms with E-state index in [0.717, 1.165) is 19.3 Å². The van der Waals surface area contributed by atoms with Gasteiger partial charge in [-0.1, -0.05) is 6.08 Å². The van der Waals surface area contributed by atoms with Gasteiger partial charge < -0.3 is 4.74 Å². The van der Waals surface area contributed by atoms with E-state index in [1.165, 1.54) is 0 Å². The van der Waals surface area contributed by atoms with Crippen molar-refractivity contribution in [2.45, 2.75) is 64.6 Å². The lowest BCUT2D eigenvalue weighted by Crippen LogP contribution is -2.44. The van der Waals surface area contributed by atoms with Crippen LogP contribution >= 0.6 is 0 Å². The molecule has 0 spiro atoms. The van der Waals surface area contributed by atoms with Crippen molar-refractivity contribution in [2.24, 2.45) is 0 Å². The molecule has 1 heterocycles. The molecule has 0 aliphatic carbocycles. The lowest BCUT2D eigenvalue weighted by molar-refractivity contribution is -0.170. The van der Waals surface area contributed by atoms with Crippen LogP contribution in [-0.2, 0) is 9.53 Å². The van der Waals surface area contributed by atoms with Gasteiger partial charge in [0.25, 0.3) is 0 Å². The summed E-state index contributed by atoms with van der Waals surface area (Å²) in [6.45, 7) is 8.12. The number of ether oxygens (including phenoxy) is 1. The Balaban J connectivity index is 2.62. The highest BCUT2D eigenvalue weighted by molar-refractivity contribution is 5.90. The van der Waals surface area contributed by atoms with E-state index in [-0.39, 0.29) is 17.0 Å². The lowest BCUT2D eigenvalue weighted by Gasteiger charge is -2.43. The largest absolute Gasteiger partial charge is 0.369 e. The minimum absolute atomic E-state index is 0.0801. The maximum atomic E-state index is 11.6. The maximum Gasteiger partial charge on any atom is 0.158 e. The van der Waals surface area contributed by atoms with Crippen molar-refractivity contribution in [1.82, 2.24) is 0 Å². The highest BCUT2D eigenvalue weighted by Gasteiger charge is 2.38.